The Morgan fingerprint density at radius 2 is 1.69 bits per heavy atom. The molecule has 2 aromatic carbocycles. The number of rotatable bonds is 7. The van der Waals surface area contributed by atoms with E-state index in [1.807, 2.05) is 13.8 Å². The summed E-state index contributed by atoms with van der Waals surface area (Å²) in [4.78, 5) is 26.0. The van der Waals surface area contributed by atoms with Gasteiger partial charge in [0.2, 0.25) is 0 Å². The summed E-state index contributed by atoms with van der Waals surface area (Å²) in [5.74, 6) is -1.53. The fourth-order valence-corrected chi connectivity index (χ4v) is 4.33. The third kappa shape index (κ3) is 6.88. The van der Waals surface area contributed by atoms with Gasteiger partial charge in [0, 0.05) is 34.1 Å². The molecule has 0 spiro atoms. The molecule has 3 rings (SSSR count). The predicted molar refractivity (Wildman–Crippen MR) is 137 cm³/mol. The van der Waals surface area contributed by atoms with Crippen LogP contribution >= 0.6 is 0 Å². The number of aromatic nitrogens is 1. The molecule has 1 N–H and O–H groups in total. The van der Waals surface area contributed by atoms with Crippen molar-refractivity contribution in [2.45, 2.75) is 58.8 Å². The summed E-state index contributed by atoms with van der Waals surface area (Å²) in [6, 6.07) is 8.44. The SMILES string of the molecule is CC(C)Cn1c(CNC(=O)OC(C)(C)C)c(-c2ccccc2F)c2cc(OS(=O)(=O)C(F)(F)F)ccc2c1=O. The Morgan fingerprint density at radius 3 is 2.26 bits per heavy atom. The number of alkyl halides is 3. The van der Waals surface area contributed by atoms with Gasteiger partial charge >= 0.3 is 21.7 Å². The van der Waals surface area contributed by atoms with Crippen LogP contribution in [0.1, 0.15) is 40.3 Å². The summed E-state index contributed by atoms with van der Waals surface area (Å²) in [6.07, 6.45) is -0.820. The highest BCUT2D eigenvalue weighted by Gasteiger charge is 2.48. The number of benzene rings is 2. The lowest BCUT2D eigenvalue weighted by Crippen LogP contribution is -2.35. The van der Waals surface area contributed by atoms with E-state index >= 15 is 4.39 Å². The molecule has 0 aliphatic heterocycles. The number of pyridine rings is 1. The molecule has 0 radical (unpaired) electrons. The van der Waals surface area contributed by atoms with Gasteiger partial charge in [0.25, 0.3) is 5.56 Å². The first-order valence-electron chi connectivity index (χ1n) is 11.8. The standard InChI is InChI=1S/C26H28F4N2O6S/c1-15(2)14-32-21(13-31-24(34)37-25(3,4)5)22(18-8-6-7-9-20(18)27)19-12-16(10-11-17(19)23(32)33)38-39(35,36)26(28,29)30/h6-12,15H,13-14H2,1-5H3,(H,31,34). The molecule has 0 aliphatic rings. The second-order valence-corrected chi connectivity index (χ2v) is 11.7. The van der Waals surface area contributed by atoms with E-state index in [0.717, 1.165) is 24.3 Å². The van der Waals surface area contributed by atoms with Crippen molar-refractivity contribution in [1.82, 2.24) is 9.88 Å². The van der Waals surface area contributed by atoms with E-state index in [-0.39, 0.29) is 46.6 Å². The van der Waals surface area contributed by atoms with Crippen LogP contribution in [0, 0.1) is 11.7 Å². The van der Waals surface area contributed by atoms with Crippen molar-refractivity contribution in [3.63, 3.8) is 0 Å². The van der Waals surface area contributed by atoms with Crippen LogP contribution in [-0.4, -0.2) is 30.2 Å². The van der Waals surface area contributed by atoms with E-state index in [0.29, 0.717) is 0 Å². The first kappa shape index (κ1) is 29.9. The fraction of sp³-hybridized carbons (Fsp3) is 0.385. The van der Waals surface area contributed by atoms with Gasteiger partial charge in [-0.15, -0.1) is 0 Å². The van der Waals surface area contributed by atoms with Crippen LogP contribution in [-0.2, 0) is 27.9 Å². The Labute approximate surface area is 222 Å². The first-order valence-corrected chi connectivity index (χ1v) is 13.2. The number of nitrogens with zero attached hydrogens (tertiary/aromatic N) is 1. The molecule has 0 aliphatic carbocycles. The van der Waals surface area contributed by atoms with Gasteiger partial charge in [-0.3, -0.25) is 4.79 Å². The third-order valence-corrected chi connectivity index (χ3v) is 6.31. The molecule has 8 nitrogen and oxygen atoms in total. The van der Waals surface area contributed by atoms with E-state index in [4.69, 9.17) is 4.74 Å². The molecule has 0 atom stereocenters. The number of carbonyl (C=O) groups excluding carboxylic acids is 1. The van der Waals surface area contributed by atoms with Gasteiger partial charge in [-0.05, 0) is 51.0 Å². The average molecular weight is 573 g/mol. The average Bonchev–Trinajstić information content (AvgIpc) is 2.78. The van der Waals surface area contributed by atoms with Crippen molar-refractivity contribution in [2.24, 2.45) is 5.92 Å². The molecule has 39 heavy (non-hydrogen) atoms. The summed E-state index contributed by atoms with van der Waals surface area (Å²) < 4.78 is 88.2. The number of hydrogen-bond donors (Lipinski definition) is 1. The van der Waals surface area contributed by atoms with Crippen LogP contribution in [0.15, 0.2) is 47.3 Å². The summed E-state index contributed by atoms with van der Waals surface area (Å²) >= 11 is 0. The lowest BCUT2D eigenvalue weighted by Gasteiger charge is -2.24. The van der Waals surface area contributed by atoms with E-state index in [9.17, 15) is 31.2 Å². The summed E-state index contributed by atoms with van der Waals surface area (Å²) in [5.41, 5.74) is -6.95. The van der Waals surface area contributed by atoms with Crippen molar-refractivity contribution in [3.05, 3.63) is 64.3 Å². The lowest BCUT2D eigenvalue weighted by molar-refractivity contribution is -0.0500. The molecule has 13 heteroatoms. The van der Waals surface area contributed by atoms with Crippen LogP contribution in [0.5, 0.6) is 5.75 Å². The van der Waals surface area contributed by atoms with Gasteiger partial charge in [0.15, 0.2) is 0 Å². The minimum absolute atomic E-state index is 0.0216. The number of amides is 1. The molecule has 0 unspecified atom stereocenters. The molecule has 212 valence electrons. The molecule has 1 aromatic heterocycles. The fourth-order valence-electron chi connectivity index (χ4n) is 3.88. The van der Waals surface area contributed by atoms with Gasteiger partial charge < -0.3 is 18.8 Å². The quantitative estimate of drug-likeness (QED) is 0.221. The Balaban J connectivity index is 2.35. The van der Waals surface area contributed by atoms with E-state index in [2.05, 4.69) is 9.50 Å². The zero-order valence-corrected chi connectivity index (χ0v) is 22.7. The third-order valence-electron chi connectivity index (χ3n) is 5.33. The lowest BCUT2D eigenvalue weighted by atomic mass is 9.95. The van der Waals surface area contributed by atoms with E-state index in [1.165, 1.54) is 22.8 Å². The minimum atomic E-state index is -6.02. The monoisotopic (exact) mass is 572 g/mol. The smallest absolute Gasteiger partial charge is 0.444 e. The van der Waals surface area contributed by atoms with Crippen LogP contribution < -0.4 is 15.1 Å². The summed E-state index contributed by atoms with van der Waals surface area (Å²) in [6.45, 7) is 8.47. The maximum absolute atomic E-state index is 15.2. The van der Waals surface area contributed by atoms with Crippen LogP contribution in [0.2, 0.25) is 0 Å². The Morgan fingerprint density at radius 1 is 1.05 bits per heavy atom. The van der Waals surface area contributed by atoms with Crippen molar-refractivity contribution < 1.29 is 39.7 Å². The second kappa shape index (κ2) is 10.9. The molecule has 3 aromatic rings. The van der Waals surface area contributed by atoms with Crippen LogP contribution in [0.4, 0.5) is 22.4 Å². The predicted octanol–water partition coefficient (Wildman–Crippen LogP) is 5.72. The minimum Gasteiger partial charge on any atom is -0.444 e. The van der Waals surface area contributed by atoms with Gasteiger partial charge in [0.1, 0.15) is 17.2 Å². The van der Waals surface area contributed by atoms with Gasteiger partial charge in [-0.25, -0.2) is 9.18 Å². The van der Waals surface area contributed by atoms with E-state index in [1.54, 1.807) is 20.8 Å². The molecular weight excluding hydrogens is 544 g/mol. The highest BCUT2D eigenvalue weighted by atomic mass is 32.2. The normalized spacial score (nSPS) is 12.6. The Hall–Kier alpha value is -3.61. The maximum Gasteiger partial charge on any atom is 0.534 e. The van der Waals surface area contributed by atoms with Crippen molar-refractivity contribution >= 4 is 27.0 Å². The molecule has 0 saturated carbocycles. The zero-order valence-electron chi connectivity index (χ0n) is 21.8. The number of nitrogens with one attached hydrogen (secondary N) is 1. The van der Waals surface area contributed by atoms with Gasteiger partial charge in [-0.2, -0.15) is 21.6 Å². The summed E-state index contributed by atoms with van der Waals surface area (Å²) in [7, 11) is -6.02. The van der Waals surface area contributed by atoms with Crippen molar-refractivity contribution in [1.29, 1.82) is 0 Å². The van der Waals surface area contributed by atoms with Crippen molar-refractivity contribution in [3.8, 4) is 16.9 Å². The molecule has 0 saturated heterocycles. The number of fused-ring (bicyclic) bond motifs is 1. The molecular formula is C26H28F4N2O6S. The first-order chi connectivity index (χ1) is 17.9. The molecule has 1 amide bonds. The Bertz CT molecular complexity index is 1560. The largest absolute Gasteiger partial charge is 0.534 e. The maximum atomic E-state index is 15.2. The highest BCUT2D eigenvalue weighted by Crippen LogP contribution is 2.36. The topological polar surface area (TPSA) is 104 Å². The van der Waals surface area contributed by atoms with Gasteiger partial charge in [0.05, 0.1) is 6.54 Å². The molecule has 0 bridgehead atoms. The second-order valence-electron chi connectivity index (χ2n) is 10.2. The Kier molecular flexibility index (Phi) is 8.34. The number of hydrogen-bond acceptors (Lipinski definition) is 6. The zero-order chi connectivity index (χ0) is 29.3. The van der Waals surface area contributed by atoms with Crippen LogP contribution in [0.25, 0.3) is 21.9 Å². The number of carbonyl (C=O) groups is 1. The molecule has 0 fully saturated rings. The highest BCUT2D eigenvalue weighted by molar-refractivity contribution is 7.88. The number of alkyl carbamates (subject to hydrolysis) is 1. The van der Waals surface area contributed by atoms with Crippen molar-refractivity contribution in [2.75, 3.05) is 0 Å². The number of ether oxygens (including phenoxy) is 1. The van der Waals surface area contributed by atoms with E-state index < -0.39 is 44.4 Å². The molecule has 1 heterocycles. The van der Waals surface area contributed by atoms with Crippen LogP contribution in [0.3, 0.4) is 0 Å². The number of halogens is 4. The van der Waals surface area contributed by atoms with Gasteiger partial charge in [-0.1, -0.05) is 32.0 Å². The summed E-state index contributed by atoms with van der Waals surface area (Å²) in [5, 5.41) is 2.45.